The highest BCUT2D eigenvalue weighted by molar-refractivity contribution is 6.32. The molecule has 0 bridgehead atoms. The van der Waals surface area contributed by atoms with Crippen LogP contribution < -0.4 is 4.74 Å². The van der Waals surface area contributed by atoms with Crippen LogP contribution in [0.4, 0.5) is 8.78 Å². The number of halogens is 4. The topological polar surface area (TPSA) is 9.23 Å². The van der Waals surface area contributed by atoms with E-state index in [1.54, 1.807) is 12.1 Å². The van der Waals surface area contributed by atoms with Crippen molar-refractivity contribution in [3.05, 3.63) is 28.8 Å². The number of rotatable bonds is 4. The molecule has 0 fully saturated rings. The average molecular weight is 241 g/mol. The van der Waals surface area contributed by atoms with Gasteiger partial charge in [0.1, 0.15) is 12.4 Å². The Labute approximate surface area is 90.6 Å². The van der Waals surface area contributed by atoms with E-state index >= 15 is 0 Å². The zero-order valence-corrected chi connectivity index (χ0v) is 8.66. The minimum atomic E-state index is -2.50. The lowest BCUT2D eigenvalue weighted by Crippen LogP contribution is -2.07. The lowest BCUT2D eigenvalue weighted by atomic mass is 10.2. The summed E-state index contributed by atoms with van der Waals surface area (Å²) < 4.78 is 28.4. The maximum atomic E-state index is 11.8. The molecule has 0 aliphatic rings. The van der Waals surface area contributed by atoms with Crippen molar-refractivity contribution in [1.29, 1.82) is 0 Å². The molecule has 0 aliphatic heterocycles. The molecule has 0 radical (unpaired) electrons. The van der Waals surface area contributed by atoms with Crippen LogP contribution in [-0.4, -0.2) is 13.0 Å². The maximum Gasteiger partial charge on any atom is 0.272 e. The van der Waals surface area contributed by atoms with E-state index in [1.807, 2.05) is 0 Å². The molecule has 78 valence electrons. The van der Waals surface area contributed by atoms with Crippen LogP contribution in [-0.2, 0) is 5.88 Å². The van der Waals surface area contributed by atoms with Gasteiger partial charge in [-0.2, -0.15) is 0 Å². The SMILES string of the molecule is FC(F)COc1ccc(CCl)cc1Cl. The van der Waals surface area contributed by atoms with Gasteiger partial charge in [0.15, 0.2) is 0 Å². The summed E-state index contributed by atoms with van der Waals surface area (Å²) in [6, 6.07) is 4.80. The smallest absolute Gasteiger partial charge is 0.272 e. The van der Waals surface area contributed by atoms with E-state index in [2.05, 4.69) is 0 Å². The molecule has 0 N–H and O–H groups in total. The van der Waals surface area contributed by atoms with Gasteiger partial charge in [-0.15, -0.1) is 11.6 Å². The summed E-state index contributed by atoms with van der Waals surface area (Å²) in [7, 11) is 0. The molecule has 0 atom stereocenters. The fraction of sp³-hybridized carbons (Fsp3) is 0.333. The first-order valence-corrected chi connectivity index (χ1v) is 4.80. The van der Waals surface area contributed by atoms with Crippen LogP contribution in [0.2, 0.25) is 5.02 Å². The van der Waals surface area contributed by atoms with Gasteiger partial charge < -0.3 is 4.74 Å². The van der Waals surface area contributed by atoms with Crippen LogP contribution >= 0.6 is 23.2 Å². The van der Waals surface area contributed by atoms with Gasteiger partial charge >= 0.3 is 0 Å². The van der Waals surface area contributed by atoms with Crippen molar-refractivity contribution in [2.24, 2.45) is 0 Å². The minimum absolute atomic E-state index is 0.251. The van der Waals surface area contributed by atoms with Gasteiger partial charge in [0.05, 0.1) is 5.02 Å². The van der Waals surface area contributed by atoms with Crippen molar-refractivity contribution >= 4 is 23.2 Å². The average Bonchev–Trinajstić information content (AvgIpc) is 2.15. The molecule has 0 aliphatic carbocycles. The summed E-state index contributed by atoms with van der Waals surface area (Å²) in [5.74, 6) is 0.579. The summed E-state index contributed by atoms with van der Waals surface area (Å²) in [4.78, 5) is 0. The number of hydrogen-bond acceptors (Lipinski definition) is 1. The number of alkyl halides is 3. The molecule has 1 rings (SSSR count). The van der Waals surface area contributed by atoms with Crippen LogP contribution in [0.25, 0.3) is 0 Å². The highest BCUT2D eigenvalue weighted by Crippen LogP contribution is 2.26. The largest absolute Gasteiger partial charge is 0.486 e. The molecular formula is C9H8Cl2F2O. The highest BCUT2D eigenvalue weighted by Gasteiger charge is 2.06. The van der Waals surface area contributed by atoms with Crippen molar-refractivity contribution in [1.82, 2.24) is 0 Å². The quantitative estimate of drug-likeness (QED) is 0.730. The lowest BCUT2D eigenvalue weighted by Gasteiger charge is -2.07. The van der Waals surface area contributed by atoms with E-state index in [4.69, 9.17) is 27.9 Å². The minimum Gasteiger partial charge on any atom is -0.486 e. The van der Waals surface area contributed by atoms with Gasteiger partial charge in [0, 0.05) is 5.88 Å². The Bertz CT molecular complexity index is 305. The normalized spacial score (nSPS) is 10.6. The van der Waals surface area contributed by atoms with Crippen molar-refractivity contribution in [3.8, 4) is 5.75 Å². The number of hydrogen-bond donors (Lipinski definition) is 0. The molecule has 0 spiro atoms. The van der Waals surface area contributed by atoms with Crippen LogP contribution in [0.15, 0.2) is 18.2 Å². The maximum absolute atomic E-state index is 11.8. The monoisotopic (exact) mass is 240 g/mol. The molecule has 0 saturated heterocycles. The second-order valence-electron chi connectivity index (χ2n) is 2.60. The summed E-state index contributed by atoms with van der Waals surface area (Å²) in [5, 5.41) is 0.295. The molecule has 0 aromatic heterocycles. The molecule has 0 amide bonds. The van der Waals surface area contributed by atoms with Gasteiger partial charge in [0.2, 0.25) is 0 Å². The fourth-order valence-corrected chi connectivity index (χ4v) is 1.32. The Morgan fingerprint density at radius 1 is 1.36 bits per heavy atom. The molecule has 0 heterocycles. The fourth-order valence-electron chi connectivity index (χ4n) is 0.897. The standard InChI is InChI=1S/C9H8Cl2F2O/c10-4-6-1-2-8(7(11)3-6)14-5-9(12)13/h1-3,9H,4-5H2. The van der Waals surface area contributed by atoms with Gasteiger partial charge in [-0.25, -0.2) is 8.78 Å². The highest BCUT2D eigenvalue weighted by atomic mass is 35.5. The Hall–Kier alpha value is -0.540. The van der Waals surface area contributed by atoms with E-state index in [9.17, 15) is 8.78 Å². The summed E-state index contributed by atoms with van der Waals surface area (Å²) in [6.45, 7) is -0.653. The third-order valence-electron chi connectivity index (χ3n) is 1.52. The molecule has 1 aromatic rings. The molecule has 1 nitrogen and oxygen atoms in total. The predicted molar refractivity (Wildman–Crippen MR) is 52.5 cm³/mol. The van der Waals surface area contributed by atoms with E-state index in [-0.39, 0.29) is 5.75 Å². The first-order valence-electron chi connectivity index (χ1n) is 3.89. The second kappa shape index (κ2) is 5.37. The molecule has 1 aromatic carbocycles. The molecule has 5 heteroatoms. The van der Waals surface area contributed by atoms with Gasteiger partial charge in [-0.1, -0.05) is 17.7 Å². The van der Waals surface area contributed by atoms with Crippen LogP contribution in [0.3, 0.4) is 0 Å². The molecule has 14 heavy (non-hydrogen) atoms. The third kappa shape index (κ3) is 3.31. The van der Waals surface area contributed by atoms with Crippen LogP contribution in [0.5, 0.6) is 5.75 Å². The first-order chi connectivity index (χ1) is 6.63. The van der Waals surface area contributed by atoms with E-state index in [0.29, 0.717) is 10.9 Å². The van der Waals surface area contributed by atoms with E-state index in [0.717, 1.165) is 5.56 Å². The first kappa shape index (κ1) is 11.5. The summed E-state index contributed by atoms with van der Waals surface area (Å²) >= 11 is 11.3. The summed E-state index contributed by atoms with van der Waals surface area (Å²) in [5.41, 5.74) is 0.820. The predicted octanol–water partition coefficient (Wildman–Crippen LogP) is 3.72. The zero-order chi connectivity index (χ0) is 10.6. The lowest BCUT2D eigenvalue weighted by molar-refractivity contribution is 0.0819. The second-order valence-corrected chi connectivity index (χ2v) is 3.27. The Morgan fingerprint density at radius 3 is 2.57 bits per heavy atom. The van der Waals surface area contributed by atoms with E-state index in [1.165, 1.54) is 6.07 Å². The number of ether oxygens (including phenoxy) is 1. The Kier molecular flexibility index (Phi) is 4.42. The van der Waals surface area contributed by atoms with Crippen molar-refractivity contribution in [3.63, 3.8) is 0 Å². The zero-order valence-electron chi connectivity index (χ0n) is 7.14. The Morgan fingerprint density at radius 2 is 2.07 bits per heavy atom. The van der Waals surface area contributed by atoms with Crippen molar-refractivity contribution in [2.45, 2.75) is 12.3 Å². The van der Waals surface area contributed by atoms with Gasteiger partial charge in [-0.05, 0) is 17.7 Å². The van der Waals surface area contributed by atoms with Gasteiger partial charge in [0.25, 0.3) is 6.43 Å². The van der Waals surface area contributed by atoms with Crippen molar-refractivity contribution in [2.75, 3.05) is 6.61 Å². The van der Waals surface area contributed by atoms with Crippen LogP contribution in [0.1, 0.15) is 5.56 Å². The molecule has 0 unspecified atom stereocenters. The number of benzene rings is 1. The van der Waals surface area contributed by atoms with Crippen molar-refractivity contribution < 1.29 is 13.5 Å². The van der Waals surface area contributed by atoms with E-state index < -0.39 is 13.0 Å². The Balaban J connectivity index is 2.69. The molecule has 0 saturated carbocycles. The summed E-state index contributed by atoms with van der Waals surface area (Å²) in [6.07, 6.45) is -2.50. The third-order valence-corrected chi connectivity index (χ3v) is 2.12. The molecular weight excluding hydrogens is 233 g/mol. The van der Waals surface area contributed by atoms with Gasteiger partial charge in [-0.3, -0.25) is 0 Å². The van der Waals surface area contributed by atoms with Crippen LogP contribution in [0, 0.1) is 0 Å².